The lowest BCUT2D eigenvalue weighted by Crippen LogP contribution is -2.04. The first-order chi connectivity index (χ1) is 8.42. The van der Waals surface area contributed by atoms with E-state index in [4.69, 9.17) is 9.47 Å². The number of ether oxygens (including phenoxy) is 2. The van der Waals surface area contributed by atoms with Crippen LogP contribution in [0.2, 0.25) is 0 Å². The van der Waals surface area contributed by atoms with Crippen LogP contribution >= 0.6 is 0 Å². The molecule has 0 aliphatic carbocycles. The highest BCUT2D eigenvalue weighted by Gasteiger charge is 2.01. The van der Waals surface area contributed by atoms with Crippen molar-refractivity contribution in [3.8, 4) is 5.75 Å². The minimum Gasteiger partial charge on any atom is -0.490 e. The van der Waals surface area contributed by atoms with E-state index in [0.717, 1.165) is 16.7 Å². The fourth-order valence-corrected chi connectivity index (χ4v) is 1.43. The van der Waals surface area contributed by atoms with Crippen molar-refractivity contribution in [3.05, 3.63) is 36.5 Å². The first-order valence-corrected chi connectivity index (χ1v) is 5.87. The van der Waals surface area contributed by atoms with Crippen molar-refractivity contribution in [3.63, 3.8) is 0 Å². The van der Waals surface area contributed by atoms with E-state index in [0.29, 0.717) is 13.2 Å². The summed E-state index contributed by atoms with van der Waals surface area (Å²) in [5, 5.41) is 1.04. The number of para-hydroxylation sites is 1. The standard InChI is InChI=1S/C12H13NO2.C2H6/c1-14-8-9-15-12-6-7-13-11-5-3-2-4-10(11)12;1-2/h2-7H,8-9H2,1H3;1-2H3. The summed E-state index contributed by atoms with van der Waals surface area (Å²) >= 11 is 0. The number of hydrogen-bond acceptors (Lipinski definition) is 3. The Morgan fingerprint density at radius 1 is 1.06 bits per heavy atom. The molecule has 0 unspecified atom stereocenters. The molecule has 3 heteroatoms. The average molecular weight is 233 g/mol. The van der Waals surface area contributed by atoms with Crippen LogP contribution in [0.15, 0.2) is 36.5 Å². The van der Waals surface area contributed by atoms with Crippen LogP contribution in [0.4, 0.5) is 0 Å². The Bertz CT molecular complexity index is 438. The Morgan fingerprint density at radius 3 is 2.59 bits per heavy atom. The first kappa shape index (κ1) is 13.5. The number of rotatable bonds is 4. The first-order valence-electron chi connectivity index (χ1n) is 5.87. The minimum absolute atomic E-state index is 0.560. The summed E-state index contributed by atoms with van der Waals surface area (Å²) in [6.45, 7) is 5.15. The monoisotopic (exact) mass is 233 g/mol. The summed E-state index contributed by atoms with van der Waals surface area (Å²) < 4.78 is 10.5. The molecule has 0 saturated carbocycles. The summed E-state index contributed by atoms with van der Waals surface area (Å²) in [5.74, 6) is 0.859. The maximum Gasteiger partial charge on any atom is 0.130 e. The number of nitrogens with zero attached hydrogens (tertiary/aromatic N) is 1. The molecule has 0 atom stereocenters. The van der Waals surface area contributed by atoms with E-state index in [1.54, 1.807) is 13.3 Å². The molecule has 0 radical (unpaired) electrons. The highest BCUT2D eigenvalue weighted by molar-refractivity contribution is 5.84. The van der Waals surface area contributed by atoms with Gasteiger partial charge in [-0.1, -0.05) is 26.0 Å². The summed E-state index contributed by atoms with van der Waals surface area (Å²) in [5.41, 5.74) is 0.951. The summed E-state index contributed by atoms with van der Waals surface area (Å²) in [4.78, 5) is 4.26. The van der Waals surface area contributed by atoms with Crippen LogP contribution in [0.3, 0.4) is 0 Å². The maximum absolute atomic E-state index is 5.59. The van der Waals surface area contributed by atoms with Gasteiger partial charge in [0.2, 0.25) is 0 Å². The molecule has 0 aliphatic heterocycles. The highest BCUT2D eigenvalue weighted by Crippen LogP contribution is 2.22. The van der Waals surface area contributed by atoms with Gasteiger partial charge in [0.05, 0.1) is 12.1 Å². The predicted octanol–water partition coefficient (Wildman–Crippen LogP) is 3.29. The van der Waals surface area contributed by atoms with E-state index in [1.165, 1.54) is 0 Å². The fourth-order valence-electron chi connectivity index (χ4n) is 1.43. The summed E-state index contributed by atoms with van der Waals surface area (Å²) in [7, 11) is 1.66. The third-order valence-corrected chi connectivity index (χ3v) is 2.15. The van der Waals surface area contributed by atoms with Crippen molar-refractivity contribution in [2.24, 2.45) is 0 Å². The van der Waals surface area contributed by atoms with E-state index in [-0.39, 0.29) is 0 Å². The van der Waals surface area contributed by atoms with Gasteiger partial charge in [0.25, 0.3) is 0 Å². The Balaban J connectivity index is 0.000000686. The Hall–Kier alpha value is -1.61. The second kappa shape index (κ2) is 7.63. The van der Waals surface area contributed by atoms with E-state index >= 15 is 0 Å². The second-order valence-electron chi connectivity index (χ2n) is 3.17. The van der Waals surface area contributed by atoms with Crippen LogP contribution in [0, 0.1) is 0 Å². The van der Waals surface area contributed by atoms with Crippen molar-refractivity contribution in [2.45, 2.75) is 13.8 Å². The summed E-state index contributed by atoms with van der Waals surface area (Å²) in [6, 6.07) is 9.79. The second-order valence-corrected chi connectivity index (χ2v) is 3.17. The van der Waals surface area contributed by atoms with E-state index in [1.807, 2.05) is 44.2 Å². The molecule has 0 aliphatic rings. The third-order valence-electron chi connectivity index (χ3n) is 2.15. The van der Waals surface area contributed by atoms with E-state index in [2.05, 4.69) is 4.98 Å². The molecule has 1 heterocycles. The molecule has 0 saturated heterocycles. The molecule has 92 valence electrons. The molecular weight excluding hydrogens is 214 g/mol. The van der Waals surface area contributed by atoms with E-state index < -0.39 is 0 Å². The number of benzene rings is 1. The highest BCUT2D eigenvalue weighted by atomic mass is 16.5. The van der Waals surface area contributed by atoms with Crippen LogP contribution in [0.1, 0.15) is 13.8 Å². The zero-order valence-electron chi connectivity index (χ0n) is 10.6. The molecule has 1 aromatic carbocycles. The molecule has 0 spiro atoms. The number of aromatic nitrogens is 1. The molecule has 0 bridgehead atoms. The van der Waals surface area contributed by atoms with Crippen molar-refractivity contribution < 1.29 is 9.47 Å². The van der Waals surface area contributed by atoms with Crippen LogP contribution < -0.4 is 4.74 Å². The third kappa shape index (κ3) is 3.71. The van der Waals surface area contributed by atoms with Crippen molar-refractivity contribution in [1.29, 1.82) is 0 Å². The Morgan fingerprint density at radius 2 is 1.82 bits per heavy atom. The van der Waals surface area contributed by atoms with Gasteiger partial charge in [-0.15, -0.1) is 0 Å². The normalized spacial score (nSPS) is 9.59. The SMILES string of the molecule is CC.COCCOc1ccnc2ccccc12. The van der Waals surface area contributed by atoms with Gasteiger partial charge in [-0.25, -0.2) is 0 Å². The largest absolute Gasteiger partial charge is 0.490 e. The number of fused-ring (bicyclic) bond motifs is 1. The molecule has 3 nitrogen and oxygen atoms in total. The van der Waals surface area contributed by atoms with Gasteiger partial charge in [0.15, 0.2) is 0 Å². The van der Waals surface area contributed by atoms with Crippen molar-refractivity contribution in [2.75, 3.05) is 20.3 Å². The van der Waals surface area contributed by atoms with Gasteiger partial charge in [0.1, 0.15) is 12.4 Å². The molecular formula is C14H19NO2. The molecule has 17 heavy (non-hydrogen) atoms. The zero-order chi connectivity index (χ0) is 12.5. The van der Waals surface area contributed by atoms with Crippen molar-refractivity contribution in [1.82, 2.24) is 4.98 Å². The predicted molar refractivity (Wildman–Crippen MR) is 70.5 cm³/mol. The number of pyridine rings is 1. The van der Waals surface area contributed by atoms with Crippen LogP contribution in [0.25, 0.3) is 10.9 Å². The van der Waals surface area contributed by atoms with Gasteiger partial charge >= 0.3 is 0 Å². The summed E-state index contributed by atoms with van der Waals surface area (Å²) in [6.07, 6.45) is 1.75. The van der Waals surface area contributed by atoms with E-state index in [9.17, 15) is 0 Å². The lowest BCUT2D eigenvalue weighted by atomic mass is 10.2. The van der Waals surface area contributed by atoms with Gasteiger partial charge in [-0.3, -0.25) is 4.98 Å². The molecule has 2 aromatic rings. The topological polar surface area (TPSA) is 31.4 Å². The average Bonchev–Trinajstić information content (AvgIpc) is 2.42. The lowest BCUT2D eigenvalue weighted by molar-refractivity contribution is 0.147. The Labute approximate surface area is 102 Å². The smallest absolute Gasteiger partial charge is 0.130 e. The Kier molecular flexibility index (Phi) is 6.04. The quantitative estimate of drug-likeness (QED) is 0.759. The van der Waals surface area contributed by atoms with Crippen LogP contribution in [-0.4, -0.2) is 25.3 Å². The van der Waals surface area contributed by atoms with Crippen LogP contribution in [-0.2, 0) is 4.74 Å². The fraction of sp³-hybridized carbons (Fsp3) is 0.357. The molecule has 1 aromatic heterocycles. The number of methoxy groups -OCH3 is 1. The molecule has 2 rings (SSSR count). The van der Waals surface area contributed by atoms with Crippen molar-refractivity contribution >= 4 is 10.9 Å². The van der Waals surface area contributed by atoms with Gasteiger partial charge in [-0.05, 0) is 18.2 Å². The van der Waals surface area contributed by atoms with Gasteiger partial charge in [-0.2, -0.15) is 0 Å². The van der Waals surface area contributed by atoms with Gasteiger partial charge in [0, 0.05) is 18.7 Å². The lowest BCUT2D eigenvalue weighted by Gasteiger charge is -2.07. The zero-order valence-corrected chi connectivity index (χ0v) is 10.6. The molecule has 0 amide bonds. The van der Waals surface area contributed by atoms with Crippen LogP contribution in [0.5, 0.6) is 5.75 Å². The number of hydrogen-bond donors (Lipinski definition) is 0. The molecule has 0 N–H and O–H groups in total. The maximum atomic E-state index is 5.59. The minimum atomic E-state index is 0.560. The molecule has 0 fully saturated rings. The van der Waals surface area contributed by atoms with Gasteiger partial charge < -0.3 is 9.47 Å².